The molecule has 0 aliphatic carbocycles. The lowest BCUT2D eigenvalue weighted by Gasteiger charge is -1.99. The average Bonchev–Trinajstić information content (AvgIpc) is 2.48. The lowest BCUT2D eigenvalue weighted by atomic mass is 10.2. The van der Waals surface area contributed by atoms with E-state index in [2.05, 4.69) is 10.2 Å². The van der Waals surface area contributed by atoms with Gasteiger partial charge in [0.25, 0.3) is 0 Å². The highest BCUT2D eigenvalue weighted by molar-refractivity contribution is 8.13. The van der Waals surface area contributed by atoms with Gasteiger partial charge in [0, 0.05) is 11.3 Å². The molecule has 0 aliphatic rings. The van der Waals surface area contributed by atoms with E-state index in [9.17, 15) is 5.11 Å². The molecule has 0 saturated carbocycles. The number of nitrogens with zero attached hydrogens (tertiary/aromatic N) is 2. The minimum absolute atomic E-state index is 0. The maximum absolute atomic E-state index is 9.55. The van der Waals surface area contributed by atoms with Crippen LogP contribution in [0.5, 0.6) is 5.75 Å². The van der Waals surface area contributed by atoms with Crippen LogP contribution < -0.4 is 5.73 Å². The first-order valence-corrected chi connectivity index (χ1v) is 7.05. The zero-order valence-corrected chi connectivity index (χ0v) is 12.8. The van der Waals surface area contributed by atoms with Gasteiger partial charge in [-0.2, -0.15) is 5.10 Å². The molecule has 0 aliphatic heterocycles. The van der Waals surface area contributed by atoms with Gasteiger partial charge in [-0.15, -0.1) is 17.5 Å². The molecule has 110 valence electrons. The molecule has 21 heavy (non-hydrogen) atoms. The van der Waals surface area contributed by atoms with E-state index < -0.39 is 0 Å². The Morgan fingerprint density at radius 3 is 2.48 bits per heavy atom. The molecule has 0 atom stereocenters. The van der Waals surface area contributed by atoms with Gasteiger partial charge in [0.2, 0.25) is 0 Å². The van der Waals surface area contributed by atoms with Gasteiger partial charge in [0.15, 0.2) is 5.17 Å². The Morgan fingerprint density at radius 2 is 1.76 bits per heavy atom. The molecule has 0 amide bonds. The van der Waals surface area contributed by atoms with Crippen LogP contribution in [0.3, 0.4) is 0 Å². The van der Waals surface area contributed by atoms with Crippen LogP contribution in [0.4, 0.5) is 0 Å². The molecule has 0 heterocycles. The highest BCUT2D eigenvalue weighted by Crippen LogP contribution is 2.13. The van der Waals surface area contributed by atoms with Crippen molar-refractivity contribution in [2.75, 3.05) is 0 Å². The molecule has 2 aromatic carbocycles. The fourth-order valence-corrected chi connectivity index (χ4v) is 2.12. The molecule has 0 radical (unpaired) electrons. The number of halogens is 1. The molecule has 0 saturated heterocycles. The summed E-state index contributed by atoms with van der Waals surface area (Å²) in [4.78, 5) is 0. The fraction of sp³-hybridized carbons (Fsp3) is 0.0667. The predicted octanol–water partition coefficient (Wildman–Crippen LogP) is 3.40. The number of phenols is 1. The molecule has 2 aromatic rings. The van der Waals surface area contributed by atoms with Crippen molar-refractivity contribution < 1.29 is 5.11 Å². The smallest absolute Gasteiger partial charge is 0.180 e. The lowest BCUT2D eigenvalue weighted by Crippen LogP contribution is -2.05. The number of amidine groups is 1. The monoisotopic (exact) mass is 321 g/mol. The second kappa shape index (κ2) is 9.05. The number of hydrogen-bond donors (Lipinski definition) is 2. The van der Waals surface area contributed by atoms with Crippen molar-refractivity contribution in [3.63, 3.8) is 0 Å². The highest BCUT2D eigenvalue weighted by Gasteiger charge is 1.97. The van der Waals surface area contributed by atoms with Gasteiger partial charge in [-0.05, 0) is 17.7 Å². The number of phenolic OH excluding ortho intramolecular Hbond substituents is 1. The number of thioether (sulfide) groups is 1. The summed E-state index contributed by atoms with van der Waals surface area (Å²) in [5, 5.41) is 17.7. The van der Waals surface area contributed by atoms with Crippen molar-refractivity contribution in [2.24, 2.45) is 15.9 Å². The van der Waals surface area contributed by atoms with E-state index in [0.29, 0.717) is 10.7 Å². The van der Waals surface area contributed by atoms with Crippen molar-refractivity contribution in [2.45, 2.75) is 5.75 Å². The van der Waals surface area contributed by atoms with Crippen LogP contribution in [-0.2, 0) is 5.75 Å². The zero-order valence-electron chi connectivity index (χ0n) is 11.2. The van der Waals surface area contributed by atoms with Crippen LogP contribution in [0.15, 0.2) is 64.8 Å². The largest absolute Gasteiger partial charge is 0.507 e. The van der Waals surface area contributed by atoms with E-state index in [0.717, 1.165) is 5.75 Å². The molecular formula is C15H16ClN3OS. The van der Waals surface area contributed by atoms with Gasteiger partial charge in [-0.3, -0.25) is 0 Å². The van der Waals surface area contributed by atoms with Crippen LogP contribution >= 0.6 is 24.2 Å². The van der Waals surface area contributed by atoms with Crippen molar-refractivity contribution >= 4 is 35.6 Å². The molecule has 0 spiro atoms. The standard InChI is InChI=1S/C15H15N3OS.ClH/c16-15(20-11-12-6-2-1-3-7-12)18-17-10-13-8-4-5-9-14(13)19;/h1-10,19H,11H2,(H2,16,18);1H. The summed E-state index contributed by atoms with van der Waals surface area (Å²) in [6.45, 7) is 0. The summed E-state index contributed by atoms with van der Waals surface area (Å²) in [5.74, 6) is 0.921. The lowest BCUT2D eigenvalue weighted by molar-refractivity contribution is 0.474. The van der Waals surface area contributed by atoms with E-state index in [-0.39, 0.29) is 18.2 Å². The van der Waals surface area contributed by atoms with Crippen LogP contribution in [-0.4, -0.2) is 16.5 Å². The van der Waals surface area contributed by atoms with Crippen LogP contribution in [0.2, 0.25) is 0 Å². The Bertz CT molecular complexity index is 617. The van der Waals surface area contributed by atoms with Crippen molar-refractivity contribution in [3.8, 4) is 5.75 Å². The zero-order chi connectivity index (χ0) is 14.2. The number of hydrogen-bond acceptors (Lipinski definition) is 4. The van der Waals surface area contributed by atoms with Gasteiger partial charge in [-0.25, -0.2) is 0 Å². The first kappa shape index (κ1) is 17.1. The number of rotatable bonds is 4. The van der Waals surface area contributed by atoms with Gasteiger partial charge < -0.3 is 10.8 Å². The summed E-state index contributed by atoms with van der Waals surface area (Å²) in [7, 11) is 0. The van der Waals surface area contributed by atoms with E-state index >= 15 is 0 Å². The number of aromatic hydroxyl groups is 1. The summed E-state index contributed by atoms with van der Waals surface area (Å²) < 4.78 is 0. The van der Waals surface area contributed by atoms with Crippen LogP contribution in [0.25, 0.3) is 0 Å². The summed E-state index contributed by atoms with van der Waals surface area (Å²) >= 11 is 1.42. The second-order valence-corrected chi connectivity index (χ2v) is 5.01. The van der Waals surface area contributed by atoms with Gasteiger partial charge in [0.05, 0.1) is 6.21 Å². The van der Waals surface area contributed by atoms with Crippen molar-refractivity contribution in [3.05, 3.63) is 65.7 Å². The maximum atomic E-state index is 9.55. The summed E-state index contributed by atoms with van der Waals surface area (Å²) in [6, 6.07) is 16.9. The Hall–Kier alpha value is -1.98. The Kier molecular flexibility index (Phi) is 7.36. The molecule has 0 fully saturated rings. The molecule has 0 bridgehead atoms. The Labute approximate surface area is 134 Å². The molecular weight excluding hydrogens is 306 g/mol. The molecule has 3 N–H and O–H groups in total. The third-order valence-corrected chi connectivity index (χ3v) is 3.37. The molecule has 0 unspecified atom stereocenters. The minimum atomic E-state index is 0. The van der Waals surface area contributed by atoms with E-state index in [1.165, 1.54) is 23.5 Å². The van der Waals surface area contributed by atoms with E-state index in [1.807, 2.05) is 36.4 Å². The number of benzene rings is 2. The fourth-order valence-electron chi connectivity index (χ4n) is 1.51. The van der Waals surface area contributed by atoms with Crippen LogP contribution in [0, 0.1) is 0 Å². The summed E-state index contributed by atoms with van der Waals surface area (Å²) in [5.41, 5.74) is 7.55. The molecule has 4 nitrogen and oxygen atoms in total. The number of nitrogens with two attached hydrogens (primary N) is 1. The second-order valence-electron chi connectivity index (χ2n) is 4.02. The van der Waals surface area contributed by atoms with Crippen molar-refractivity contribution in [1.82, 2.24) is 0 Å². The topological polar surface area (TPSA) is 71.0 Å². The molecule has 6 heteroatoms. The SMILES string of the molecule is Cl.N/C(=N/N=Cc1ccccc1O)SCc1ccccc1. The normalized spacial score (nSPS) is 11.3. The number of para-hydroxylation sites is 1. The van der Waals surface area contributed by atoms with E-state index in [1.54, 1.807) is 18.2 Å². The van der Waals surface area contributed by atoms with E-state index in [4.69, 9.17) is 5.73 Å². The average molecular weight is 322 g/mol. The van der Waals surface area contributed by atoms with Gasteiger partial charge in [-0.1, -0.05) is 54.2 Å². The first-order chi connectivity index (χ1) is 9.75. The third kappa shape index (κ3) is 5.89. The van der Waals surface area contributed by atoms with Crippen molar-refractivity contribution in [1.29, 1.82) is 0 Å². The molecule has 0 aromatic heterocycles. The Balaban J connectivity index is 0.00000220. The quantitative estimate of drug-likeness (QED) is 0.515. The highest BCUT2D eigenvalue weighted by atomic mass is 35.5. The Morgan fingerprint density at radius 1 is 1.10 bits per heavy atom. The van der Waals surface area contributed by atoms with Gasteiger partial charge in [0.1, 0.15) is 5.75 Å². The maximum Gasteiger partial charge on any atom is 0.180 e. The van der Waals surface area contributed by atoms with Crippen LogP contribution in [0.1, 0.15) is 11.1 Å². The molecule has 2 rings (SSSR count). The van der Waals surface area contributed by atoms with Gasteiger partial charge >= 0.3 is 0 Å². The predicted molar refractivity (Wildman–Crippen MR) is 92.3 cm³/mol. The first-order valence-electron chi connectivity index (χ1n) is 6.07. The summed E-state index contributed by atoms with van der Waals surface area (Å²) in [6.07, 6.45) is 1.48. The minimum Gasteiger partial charge on any atom is -0.507 e. The third-order valence-electron chi connectivity index (χ3n) is 2.52.